The van der Waals surface area contributed by atoms with Crippen molar-refractivity contribution >= 4 is 0 Å². The van der Waals surface area contributed by atoms with Gasteiger partial charge < -0.3 is 47.5 Å². The maximum Gasteiger partial charge on any atom is 0.104 e. The lowest BCUT2D eigenvalue weighted by Gasteiger charge is -2.21. The molecular weight excluding hydrogens is 434 g/mol. The van der Waals surface area contributed by atoms with Crippen LogP contribution in [0.2, 0.25) is 0 Å². The lowest BCUT2D eigenvalue weighted by atomic mass is 10.3. The fraction of sp³-hybridized carbons (Fsp3) is 1.00. The highest BCUT2D eigenvalue weighted by atomic mass is 16.6. The van der Waals surface area contributed by atoms with E-state index in [2.05, 4.69) is 4.90 Å². The molecule has 0 aromatic heterocycles. The Labute approximate surface area is 200 Å². The highest BCUT2D eigenvalue weighted by Crippen LogP contribution is 1.99. The molecule has 2 saturated heterocycles. The van der Waals surface area contributed by atoms with E-state index in [9.17, 15) is 0 Å². The molecule has 0 spiro atoms. The van der Waals surface area contributed by atoms with Crippen molar-refractivity contribution in [1.29, 1.82) is 0 Å². The van der Waals surface area contributed by atoms with Gasteiger partial charge in [0, 0.05) is 40.1 Å². The second-order valence-electron chi connectivity index (χ2n) is 8.01. The van der Waals surface area contributed by atoms with Gasteiger partial charge in [0.1, 0.15) is 6.10 Å². The Kier molecular flexibility index (Phi) is 21.7. The predicted molar refractivity (Wildman–Crippen MR) is 124 cm³/mol. The first kappa shape index (κ1) is 30.6. The SMILES string of the molecule is CN(C)CC1COCCCOCCOCCO1.COCC1COCCCOCCOCCO1. The summed E-state index contributed by atoms with van der Waals surface area (Å²) in [5, 5.41) is 0. The van der Waals surface area contributed by atoms with Crippen LogP contribution in [-0.4, -0.2) is 144 Å². The molecule has 0 radical (unpaired) electrons. The van der Waals surface area contributed by atoms with Gasteiger partial charge in [-0.25, -0.2) is 0 Å². The van der Waals surface area contributed by atoms with Gasteiger partial charge in [0.25, 0.3) is 0 Å². The molecule has 2 unspecified atom stereocenters. The van der Waals surface area contributed by atoms with Crippen LogP contribution in [0.3, 0.4) is 0 Å². The van der Waals surface area contributed by atoms with Crippen molar-refractivity contribution in [1.82, 2.24) is 4.90 Å². The molecule has 2 aliphatic rings. The van der Waals surface area contributed by atoms with Gasteiger partial charge in [-0.3, -0.25) is 0 Å². The van der Waals surface area contributed by atoms with E-state index < -0.39 is 0 Å². The van der Waals surface area contributed by atoms with Gasteiger partial charge in [-0.05, 0) is 26.9 Å². The number of methoxy groups -OCH3 is 1. The topological polar surface area (TPSA) is 86.3 Å². The molecule has 10 heteroatoms. The first-order valence-corrected chi connectivity index (χ1v) is 12.1. The van der Waals surface area contributed by atoms with E-state index in [1.54, 1.807) is 7.11 Å². The number of ether oxygens (including phenoxy) is 9. The molecule has 2 fully saturated rings. The van der Waals surface area contributed by atoms with Crippen LogP contribution >= 0.6 is 0 Å². The molecule has 0 aliphatic carbocycles. The molecule has 0 amide bonds. The molecule has 2 heterocycles. The first-order chi connectivity index (χ1) is 16.2. The smallest absolute Gasteiger partial charge is 0.104 e. The Morgan fingerprint density at radius 1 is 0.576 bits per heavy atom. The van der Waals surface area contributed by atoms with Gasteiger partial charge in [-0.2, -0.15) is 0 Å². The quantitative estimate of drug-likeness (QED) is 0.576. The summed E-state index contributed by atoms with van der Waals surface area (Å²) in [7, 11) is 5.73. The average molecular weight is 482 g/mol. The first-order valence-electron chi connectivity index (χ1n) is 12.1. The maximum atomic E-state index is 5.73. The predicted octanol–water partition coefficient (Wildman–Crippen LogP) is 0.858. The van der Waals surface area contributed by atoms with E-state index in [-0.39, 0.29) is 12.2 Å². The summed E-state index contributed by atoms with van der Waals surface area (Å²) in [5.41, 5.74) is 0. The van der Waals surface area contributed by atoms with Crippen LogP contribution in [0.25, 0.3) is 0 Å². The van der Waals surface area contributed by atoms with Crippen molar-refractivity contribution in [3.05, 3.63) is 0 Å². The van der Waals surface area contributed by atoms with E-state index in [0.29, 0.717) is 79.3 Å². The zero-order valence-electron chi connectivity index (χ0n) is 21.0. The van der Waals surface area contributed by atoms with E-state index in [1.807, 2.05) is 14.1 Å². The average Bonchev–Trinajstić information content (AvgIpc) is 2.84. The van der Waals surface area contributed by atoms with Crippen LogP contribution in [-0.2, 0) is 42.6 Å². The molecule has 33 heavy (non-hydrogen) atoms. The fourth-order valence-corrected chi connectivity index (χ4v) is 3.04. The molecule has 10 nitrogen and oxygen atoms in total. The Morgan fingerprint density at radius 2 is 1.00 bits per heavy atom. The van der Waals surface area contributed by atoms with Crippen LogP contribution in [0.5, 0.6) is 0 Å². The van der Waals surface area contributed by atoms with Crippen molar-refractivity contribution in [2.75, 3.05) is 127 Å². The lowest BCUT2D eigenvalue weighted by Crippen LogP contribution is -2.33. The third kappa shape index (κ3) is 20.7. The number of nitrogens with zero attached hydrogens (tertiary/aromatic N) is 1. The van der Waals surface area contributed by atoms with Gasteiger partial charge >= 0.3 is 0 Å². The van der Waals surface area contributed by atoms with Crippen molar-refractivity contribution in [2.24, 2.45) is 0 Å². The summed E-state index contributed by atoms with van der Waals surface area (Å²) >= 11 is 0. The van der Waals surface area contributed by atoms with Crippen molar-refractivity contribution in [3.8, 4) is 0 Å². The Morgan fingerprint density at radius 3 is 1.52 bits per heavy atom. The molecule has 0 bridgehead atoms. The molecule has 0 aromatic rings. The second-order valence-corrected chi connectivity index (χ2v) is 8.01. The van der Waals surface area contributed by atoms with Gasteiger partial charge in [0.05, 0.1) is 78.8 Å². The summed E-state index contributed by atoms with van der Waals surface area (Å²) in [6.45, 7) is 10.5. The summed E-state index contributed by atoms with van der Waals surface area (Å²) in [4.78, 5) is 2.11. The number of hydrogen-bond acceptors (Lipinski definition) is 10. The lowest BCUT2D eigenvalue weighted by molar-refractivity contribution is -0.0649. The fourth-order valence-electron chi connectivity index (χ4n) is 3.04. The van der Waals surface area contributed by atoms with Gasteiger partial charge in [0.2, 0.25) is 0 Å². The van der Waals surface area contributed by atoms with E-state index >= 15 is 0 Å². The summed E-state index contributed by atoms with van der Waals surface area (Å²) < 4.78 is 48.9. The van der Waals surface area contributed by atoms with E-state index in [4.69, 9.17) is 42.6 Å². The van der Waals surface area contributed by atoms with Crippen LogP contribution in [0.15, 0.2) is 0 Å². The molecule has 198 valence electrons. The second kappa shape index (κ2) is 23.3. The normalized spacial score (nSPS) is 26.2. The summed E-state index contributed by atoms with van der Waals surface area (Å²) in [6.07, 6.45) is 1.94. The minimum Gasteiger partial charge on any atom is -0.382 e. The largest absolute Gasteiger partial charge is 0.382 e. The van der Waals surface area contributed by atoms with E-state index in [0.717, 1.165) is 39.2 Å². The molecule has 0 saturated carbocycles. The Hall–Kier alpha value is -0.400. The van der Waals surface area contributed by atoms with E-state index in [1.165, 1.54) is 0 Å². The molecule has 0 N–H and O–H groups in total. The molecular formula is C23H47NO9. The summed E-state index contributed by atoms with van der Waals surface area (Å²) in [5.74, 6) is 0. The highest BCUT2D eigenvalue weighted by molar-refractivity contribution is 4.61. The van der Waals surface area contributed by atoms with Crippen LogP contribution < -0.4 is 0 Å². The number of rotatable bonds is 4. The standard InChI is InChI=1S/C12H25NO4.C11H22O5/c1-13(2)10-12-11-16-5-3-4-14-6-7-15-8-9-17-12;1-12-9-11-10-15-4-2-3-13-5-6-14-7-8-16-11/h12H,3-11H2,1-2H3;11H,2-10H2,1H3. The molecule has 0 aromatic carbocycles. The monoisotopic (exact) mass is 481 g/mol. The number of likely N-dealkylation sites (N-methyl/N-ethyl adjacent to an activating group) is 1. The van der Waals surface area contributed by atoms with Crippen molar-refractivity contribution in [2.45, 2.75) is 25.0 Å². The highest BCUT2D eigenvalue weighted by Gasteiger charge is 2.11. The zero-order chi connectivity index (χ0) is 23.8. The zero-order valence-corrected chi connectivity index (χ0v) is 21.0. The third-order valence-electron chi connectivity index (χ3n) is 4.59. The Balaban J connectivity index is 0.000000331. The van der Waals surface area contributed by atoms with Gasteiger partial charge in [0.15, 0.2) is 0 Å². The Bertz CT molecular complexity index is 376. The maximum absolute atomic E-state index is 5.73. The minimum atomic E-state index is -0.00438. The van der Waals surface area contributed by atoms with Crippen molar-refractivity contribution in [3.63, 3.8) is 0 Å². The van der Waals surface area contributed by atoms with Crippen LogP contribution in [0.4, 0.5) is 0 Å². The molecule has 2 aliphatic heterocycles. The van der Waals surface area contributed by atoms with Gasteiger partial charge in [-0.1, -0.05) is 0 Å². The summed E-state index contributed by atoms with van der Waals surface area (Å²) in [6, 6.07) is 0. The minimum absolute atomic E-state index is 0.00438. The van der Waals surface area contributed by atoms with Crippen molar-refractivity contribution < 1.29 is 42.6 Å². The van der Waals surface area contributed by atoms with Crippen LogP contribution in [0.1, 0.15) is 12.8 Å². The third-order valence-corrected chi connectivity index (χ3v) is 4.59. The van der Waals surface area contributed by atoms with Gasteiger partial charge in [-0.15, -0.1) is 0 Å². The number of hydrogen-bond donors (Lipinski definition) is 0. The molecule has 2 atom stereocenters. The van der Waals surface area contributed by atoms with Crippen LogP contribution in [0, 0.1) is 0 Å². The molecule has 2 rings (SSSR count).